The Kier molecular flexibility index (Phi) is 3.38. The topological polar surface area (TPSA) is 39.2 Å². The molecule has 3 nitrogen and oxygen atoms in total. The SMILES string of the molecule is COC(=O)C(C)Cc1ccnc2ccccc12. The van der Waals surface area contributed by atoms with Crippen molar-refractivity contribution < 1.29 is 9.53 Å². The molecule has 3 heteroatoms. The van der Waals surface area contributed by atoms with E-state index in [-0.39, 0.29) is 11.9 Å². The number of methoxy groups -OCH3 is 1. The van der Waals surface area contributed by atoms with E-state index in [9.17, 15) is 4.79 Å². The van der Waals surface area contributed by atoms with Gasteiger partial charge in [-0.25, -0.2) is 0 Å². The van der Waals surface area contributed by atoms with Crippen LogP contribution < -0.4 is 0 Å². The summed E-state index contributed by atoms with van der Waals surface area (Å²) in [6.07, 6.45) is 2.46. The number of hydrogen-bond donors (Lipinski definition) is 0. The van der Waals surface area contributed by atoms with Crippen molar-refractivity contribution in [3.8, 4) is 0 Å². The zero-order valence-corrected chi connectivity index (χ0v) is 10.0. The molecule has 0 bridgehead atoms. The van der Waals surface area contributed by atoms with Crippen LogP contribution in [0.25, 0.3) is 10.9 Å². The van der Waals surface area contributed by atoms with Gasteiger partial charge >= 0.3 is 5.97 Å². The molecule has 17 heavy (non-hydrogen) atoms. The molecule has 2 aromatic rings. The highest BCUT2D eigenvalue weighted by Crippen LogP contribution is 2.19. The van der Waals surface area contributed by atoms with Crippen LogP contribution in [-0.2, 0) is 16.0 Å². The first-order chi connectivity index (χ1) is 8.22. The number of carbonyl (C=O) groups excluding carboxylic acids is 1. The molecule has 0 radical (unpaired) electrons. The predicted octanol–water partition coefficient (Wildman–Crippen LogP) is 2.59. The van der Waals surface area contributed by atoms with E-state index in [1.54, 1.807) is 6.20 Å². The molecule has 2 rings (SSSR count). The lowest BCUT2D eigenvalue weighted by atomic mass is 9.98. The van der Waals surface area contributed by atoms with Crippen LogP contribution in [0, 0.1) is 5.92 Å². The van der Waals surface area contributed by atoms with Gasteiger partial charge in [-0.3, -0.25) is 9.78 Å². The fourth-order valence-corrected chi connectivity index (χ4v) is 1.95. The van der Waals surface area contributed by atoms with E-state index in [0.717, 1.165) is 16.5 Å². The summed E-state index contributed by atoms with van der Waals surface area (Å²) in [6.45, 7) is 1.88. The number of aromatic nitrogens is 1. The van der Waals surface area contributed by atoms with Crippen LogP contribution in [0.5, 0.6) is 0 Å². The third-order valence-corrected chi connectivity index (χ3v) is 2.87. The Morgan fingerprint density at radius 3 is 2.88 bits per heavy atom. The van der Waals surface area contributed by atoms with Crippen molar-refractivity contribution in [3.63, 3.8) is 0 Å². The van der Waals surface area contributed by atoms with Gasteiger partial charge in [-0.1, -0.05) is 25.1 Å². The van der Waals surface area contributed by atoms with Gasteiger partial charge in [-0.05, 0) is 24.1 Å². The Balaban J connectivity index is 2.33. The molecule has 0 saturated carbocycles. The third kappa shape index (κ3) is 2.44. The van der Waals surface area contributed by atoms with Crippen molar-refractivity contribution in [1.29, 1.82) is 0 Å². The largest absolute Gasteiger partial charge is 0.469 e. The average molecular weight is 229 g/mol. The van der Waals surface area contributed by atoms with Gasteiger partial charge in [0.05, 0.1) is 18.5 Å². The van der Waals surface area contributed by atoms with Crippen LogP contribution >= 0.6 is 0 Å². The van der Waals surface area contributed by atoms with Gasteiger partial charge in [0.25, 0.3) is 0 Å². The van der Waals surface area contributed by atoms with E-state index in [2.05, 4.69) is 4.98 Å². The minimum atomic E-state index is -0.175. The molecule has 1 aromatic carbocycles. The van der Waals surface area contributed by atoms with E-state index in [0.29, 0.717) is 6.42 Å². The molecule has 0 N–H and O–H groups in total. The van der Waals surface area contributed by atoms with Crippen LogP contribution in [0.4, 0.5) is 0 Å². The Hall–Kier alpha value is -1.90. The first kappa shape index (κ1) is 11.6. The zero-order valence-electron chi connectivity index (χ0n) is 10.0. The van der Waals surface area contributed by atoms with Crippen LogP contribution in [0.15, 0.2) is 36.5 Å². The highest BCUT2D eigenvalue weighted by Gasteiger charge is 2.14. The van der Waals surface area contributed by atoms with Crippen molar-refractivity contribution in [2.45, 2.75) is 13.3 Å². The van der Waals surface area contributed by atoms with Crippen molar-refractivity contribution >= 4 is 16.9 Å². The lowest BCUT2D eigenvalue weighted by molar-refractivity contribution is -0.144. The summed E-state index contributed by atoms with van der Waals surface area (Å²) in [5, 5.41) is 1.10. The normalized spacial score (nSPS) is 12.4. The van der Waals surface area contributed by atoms with E-state index >= 15 is 0 Å². The maximum Gasteiger partial charge on any atom is 0.308 e. The van der Waals surface area contributed by atoms with Gasteiger partial charge in [-0.2, -0.15) is 0 Å². The Bertz CT molecular complexity index is 531. The maximum atomic E-state index is 11.4. The Labute approximate surface area is 100 Å². The number of rotatable bonds is 3. The van der Waals surface area contributed by atoms with Gasteiger partial charge in [0.1, 0.15) is 0 Å². The minimum Gasteiger partial charge on any atom is -0.469 e. The Morgan fingerprint density at radius 1 is 1.35 bits per heavy atom. The minimum absolute atomic E-state index is 0.134. The van der Waals surface area contributed by atoms with Gasteiger partial charge in [0, 0.05) is 11.6 Å². The molecular weight excluding hydrogens is 214 g/mol. The summed E-state index contributed by atoms with van der Waals surface area (Å²) in [6, 6.07) is 9.91. The molecule has 0 spiro atoms. The second kappa shape index (κ2) is 4.95. The number of para-hydroxylation sites is 1. The molecule has 0 aliphatic rings. The van der Waals surface area contributed by atoms with Crippen molar-refractivity contribution in [1.82, 2.24) is 4.98 Å². The van der Waals surface area contributed by atoms with E-state index in [1.807, 2.05) is 37.3 Å². The molecule has 0 amide bonds. The molecule has 0 fully saturated rings. The lowest BCUT2D eigenvalue weighted by Gasteiger charge is -2.10. The van der Waals surface area contributed by atoms with E-state index in [1.165, 1.54) is 7.11 Å². The van der Waals surface area contributed by atoms with Gasteiger partial charge < -0.3 is 4.74 Å². The molecule has 0 aliphatic carbocycles. The van der Waals surface area contributed by atoms with Crippen molar-refractivity contribution in [2.75, 3.05) is 7.11 Å². The fraction of sp³-hybridized carbons (Fsp3) is 0.286. The average Bonchev–Trinajstić information content (AvgIpc) is 2.38. The molecule has 1 heterocycles. The number of nitrogens with zero attached hydrogens (tertiary/aromatic N) is 1. The highest BCUT2D eigenvalue weighted by molar-refractivity contribution is 5.82. The number of esters is 1. The van der Waals surface area contributed by atoms with Crippen molar-refractivity contribution in [2.24, 2.45) is 5.92 Å². The summed E-state index contributed by atoms with van der Waals surface area (Å²) in [4.78, 5) is 15.7. The molecule has 1 atom stereocenters. The Morgan fingerprint density at radius 2 is 2.12 bits per heavy atom. The highest BCUT2D eigenvalue weighted by atomic mass is 16.5. The summed E-state index contributed by atoms with van der Waals surface area (Å²) in [5.74, 6) is -0.309. The standard InChI is InChI=1S/C14H15NO2/c1-10(14(16)17-2)9-11-7-8-15-13-6-4-3-5-12(11)13/h3-8,10H,9H2,1-2H3. The third-order valence-electron chi connectivity index (χ3n) is 2.87. The van der Waals surface area contributed by atoms with Gasteiger partial charge in [-0.15, -0.1) is 0 Å². The van der Waals surface area contributed by atoms with Crippen LogP contribution in [0.1, 0.15) is 12.5 Å². The van der Waals surface area contributed by atoms with Crippen molar-refractivity contribution in [3.05, 3.63) is 42.1 Å². The first-order valence-electron chi connectivity index (χ1n) is 5.63. The van der Waals surface area contributed by atoms with Crippen LogP contribution in [0.3, 0.4) is 0 Å². The summed E-state index contributed by atoms with van der Waals surface area (Å²) in [7, 11) is 1.42. The molecule has 1 aromatic heterocycles. The number of ether oxygens (including phenoxy) is 1. The number of carbonyl (C=O) groups is 1. The molecule has 88 valence electrons. The quantitative estimate of drug-likeness (QED) is 0.759. The number of hydrogen-bond acceptors (Lipinski definition) is 3. The summed E-state index contributed by atoms with van der Waals surface area (Å²) in [5.41, 5.74) is 2.09. The fourth-order valence-electron chi connectivity index (χ4n) is 1.95. The van der Waals surface area contributed by atoms with Gasteiger partial charge in [0.15, 0.2) is 0 Å². The number of fused-ring (bicyclic) bond motifs is 1. The smallest absolute Gasteiger partial charge is 0.308 e. The molecule has 1 unspecified atom stereocenters. The second-order valence-corrected chi connectivity index (χ2v) is 4.12. The number of benzene rings is 1. The first-order valence-corrected chi connectivity index (χ1v) is 5.63. The van der Waals surface area contributed by atoms with E-state index in [4.69, 9.17) is 4.74 Å². The molecule has 0 aliphatic heterocycles. The molecular formula is C14H15NO2. The predicted molar refractivity (Wildman–Crippen MR) is 66.6 cm³/mol. The molecule has 0 saturated heterocycles. The number of pyridine rings is 1. The second-order valence-electron chi connectivity index (χ2n) is 4.12. The zero-order chi connectivity index (χ0) is 12.3. The van der Waals surface area contributed by atoms with E-state index < -0.39 is 0 Å². The monoisotopic (exact) mass is 229 g/mol. The van der Waals surface area contributed by atoms with Crippen LogP contribution in [0.2, 0.25) is 0 Å². The maximum absolute atomic E-state index is 11.4. The van der Waals surface area contributed by atoms with Crippen LogP contribution in [-0.4, -0.2) is 18.1 Å². The lowest BCUT2D eigenvalue weighted by Crippen LogP contribution is -2.15. The summed E-state index contributed by atoms with van der Waals surface area (Å²) >= 11 is 0. The van der Waals surface area contributed by atoms with Gasteiger partial charge in [0.2, 0.25) is 0 Å². The summed E-state index contributed by atoms with van der Waals surface area (Å²) < 4.78 is 4.74.